The average Bonchev–Trinajstić information content (AvgIpc) is 2.68. The third-order valence-electron chi connectivity index (χ3n) is 5.15. The molecule has 0 radical (unpaired) electrons. The number of nitrogens with zero attached hydrogens (tertiary/aromatic N) is 1. The lowest BCUT2D eigenvalue weighted by molar-refractivity contribution is -0.161. The average molecular weight is 425 g/mol. The number of thioether (sulfide) groups is 1. The van der Waals surface area contributed by atoms with Crippen LogP contribution in [0.15, 0.2) is 23.1 Å². The summed E-state index contributed by atoms with van der Waals surface area (Å²) >= 11 is 7.25. The molecule has 8 heteroatoms. The number of halogens is 1. The summed E-state index contributed by atoms with van der Waals surface area (Å²) in [6.07, 6.45) is 3.05. The highest BCUT2D eigenvalue weighted by atomic mass is 35.5. The molecule has 1 aromatic carbocycles. The van der Waals surface area contributed by atoms with Crippen LogP contribution in [0.3, 0.4) is 0 Å². The summed E-state index contributed by atoms with van der Waals surface area (Å²) in [5.74, 6) is -0.964. The largest absolute Gasteiger partial charge is 0.452 e. The van der Waals surface area contributed by atoms with Gasteiger partial charge in [0.1, 0.15) is 0 Å². The number of carbonyl (C=O) groups excluding carboxylic acids is 3. The smallest absolute Gasteiger partial charge is 0.308 e. The van der Waals surface area contributed by atoms with Gasteiger partial charge in [-0.15, -0.1) is 11.8 Å². The van der Waals surface area contributed by atoms with E-state index < -0.39 is 17.3 Å². The van der Waals surface area contributed by atoms with E-state index in [1.807, 2.05) is 11.0 Å². The summed E-state index contributed by atoms with van der Waals surface area (Å²) in [5.41, 5.74) is 0.645. The Bertz CT molecular complexity index is 773. The first kappa shape index (κ1) is 21.0. The van der Waals surface area contributed by atoms with Crippen molar-refractivity contribution in [2.24, 2.45) is 0 Å². The van der Waals surface area contributed by atoms with Crippen molar-refractivity contribution in [3.8, 4) is 0 Å². The first-order valence-corrected chi connectivity index (χ1v) is 10.9. The molecule has 3 atom stereocenters. The molecule has 0 aliphatic carbocycles. The fourth-order valence-electron chi connectivity index (χ4n) is 3.65. The molecule has 152 valence electrons. The highest BCUT2D eigenvalue weighted by Crippen LogP contribution is 2.38. The molecule has 1 N–H and O–H groups in total. The van der Waals surface area contributed by atoms with Crippen molar-refractivity contribution in [2.75, 3.05) is 11.9 Å². The van der Waals surface area contributed by atoms with Crippen molar-refractivity contribution in [3.63, 3.8) is 0 Å². The van der Waals surface area contributed by atoms with Gasteiger partial charge in [0, 0.05) is 22.5 Å². The summed E-state index contributed by atoms with van der Waals surface area (Å²) in [4.78, 5) is 40.1. The zero-order valence-corrected chi connectivity index (χ0v) is 17.6. The number of esters is 1. The number of fused-ring (bicyclic) bond motifs is 1. The van der Waals surface area contributed by atoms with Gasteiger partial charge in [0.15, 0.2) is 6.10 Å². The van der Waals surface area contributed by atoms with Crippen LogP contribution in [0.25, 0.3) is 0 Å². The van der Waals surface area contributed by atoms with Crippen LogP contribution in [0.1, 0.15) is 46.0 Å². The van der Waals surface area contributed by atoms with Gasteiger partial charge in [-0.3, -0.25) is 14.4 Å². The van der Waals surface area contributed by atoms with E-state index in [2.05, 4.69) is 12.2 Å². The highest BCUT2D eigenvalue weighted by Gasteiger charge is 2.33. The van der Waals surface area contributed by atoms with Crippen molar-refractivity contribution in [1.82, 2.24) is 4.90 Å². The van der Waals surface area contributed by atoms with Gasteiger partial charge >= 0.3 is 5.97 Å². The van der Waals surface area contributed by atoms with Crippen LogP contribution >= 0.6 is 23.4 Å². The molecular formula is C20H25ClN2O4S. The monoisotopic (exact) mass is 424 g/mol. The lowest BCUT2D eigenvalue weighted by atomic mass is 9.99. The molecule has 3 unspecified atom stereocenters. The number of likely N-dealkylation sites (tertiary alicyclic amines) is 1. The van der Waals surface area contributed by atoms with Gasteiger partial charge < -0.3 is 15.0 Å². The summed E-state index contributed by atoms with van der Waals surface area (Å²) in [6.45, 7) is 4.38. The standard InChI is InChI=1S/C20H25ClN2O4S/c1-3-14-6-4-5-9-23(14)20(26)12(2)27-18(24)11-17-19(25)22-15-10-13(21)7-8-16(15)28-17/h7-8,10,12,14,17H,3-6,9,11H2,1-2H3,(H,22,25). The van der Waals surface area contributed by atoms with E-state index >= 15 is 0 Å². The summed E-state index contributed by atoms with van der Waals surface area (Å²) in [7, 11) is 0. The lowest BCUT2D eigenvalue weighted by Gasteiger charge is -2.36. The van der Waals surface area contributed by atoms with E-state index in [0.717, 1.165) is 30.6 Å². The topological polar surface area (TPSA) is 75.7 Å². The van der Waals surface area contributed by atoms with E-state index in [4.69, 9.17) is 16.3 Å². The fraction of sp³-hybridized carbons (Fsp3) is 0.550. The SMILES string of the molecule is CCC1CCCCN1C(=O)C(C)OC(=O)CC1Sc2ccc(Cl)cc2NC1=O. The number of nitrogens with one attached hydrogen (secondary N) is 1. The van der Waals surface area contributed by atoms with Crippen LogP contribution in [0.5, 0.6) is 0 Å². The minimum absolute atomic E-state index is 0.0899. The maximum Gasteiger partial charge on any atom is 0.308 e. The van der Waals surface area contributed by atoms with Crippen LogP contribution in [-0.2, 0) is 19.1 Å². The summed E-state index contributed by atoms with van der Waals surface area (Å²) in [5, 5.41) is 2.71. The molecule has 0 saturated carbocycles. The van der Waals surface area contributed by atoms with Gasteiger partial charge in [-0.1, -0.05) is 18.5 Å². The van der Waals surface area contributed by atoms with Gasteiger partial charge in [0.05, 0.1) is 17.4 Å². The lowest BCUT2D eigenvalue weighted by Crippen LogP contribution is -2.48. The number of carbonyl (C=O) groups is 3. The van der Waals surface area contributed by atoms with Crippen molar-refractivity contribution in [1.29, 1.82) is 0 Å². The van der Waals surface area contributed by atoms with E-state index in [1.165, 1.54) is 11.8 Å². The summed E-state index contributed by atoms with van der Waals surface area (Å²) < 4.78 is 5.37. The number of amides is 2. The number of piperidine rings is 1. The zero-order chi connectivity index (χ0) is 20.3. The van der Waals surface area contributed by atoms with Crippen LogP contribution in [0, 0.1) is 0 Å². The second kappa shape index (κ2) is 9.18. The van der Waals surface area contributed by atoms with Gasteiger partial charge in [0.25, 0.3) is 5.91 Å². The van der Waals surface area contributed by atoms with E-state index in [9.17, 15) is 14.4 Å². The van der Waals surface area contributed by atoms with Gasteiger partial charge in [-0.05, 0) is 50.8 Å². The quantitative estimate of drug-likeness (QED) is 0.726. The molecule has 6 nitrogen and oxygen atoms in total. The third kappa shape index (κ3) is 4.81. The Morgan fingerprint density at radius 1 is 1.39 bits per heavy atom. The van der Waals surface area contributed by atoms with Crippen LogP contribution in [0.4, 0.5) is 5.69 Å². The van der Waals surface area contributed by atoms with Gasteiger partial charge in [-0.2, -0.15) is 0 Å². The van der Waals surface area contributed by atoms with E-state index in [1.54, 1.807) is 19.1 Å². The molecule has 1 aromatic rings. The van der Waals surface area contributed by atoms with Crippen molar-refractivity contribution in [2.45, 2.75) is 68.2 Å². The number of ether oxygens (including phenoxy) is 1. The Kier molecular flexibility index (Phi) is 6.88. The van der Waals surface area contributed by atoms with E-state index in [-0.39, 0.29) is 24.3 Å². The Morgan fingerprint density at radius 3 is 2.93 bits per heavy atom. The molecule has 2 aliphatic rings. The Balaban J connectivity index is 1.57. The van der Waals surface area contributed by atoms with Crippen LogP contribution in [0.2, 0.25) is 5.02 Å². The maximum atomic E-state index is 12.7. The van der Waals surface area contributed by atoms with Crippen molar-refractivity contribution in [3.05, 3.63) is 23.2 Å². The molecule has 0 bridgehead atoms. The molecule has 2 heterocycles. The minimum Gasteiger partial charge on any atom is -0.452 e. The van der Waals surface area contributed by atoms with Crippen LogP contribution < -0.4 is 5.32 Å². The first-order valence-electron chi connectivity index (χ1n) is 9.66. The number of benzene rings is 1. The number of rotatable bonds is 5. The van der Waals surface area contributed by atoms with Gasteiger partial charge in [0.2, 0.25) is 5.91 Å². The number of anilines is 1. The van der Waals surface area contributed by atoms with Crippen LogP contribution in [-0.4, -0.2) is 46.6 Å². The molecule has 1 fully saturated rings. The Morgan fingerprint density at radius 2 is 2.18 bits per heavy atom. The molecular weight excluding hydrogens is 400 g/mol. The first-order chi connectivity index (χ1) is 13.4. The molecule has 3 rings (SSSR count). The second-order valence-corrected chi connectivity index (χ2v) is 8.84. The third-order valence-corrected chi connectivity index (χ3v) is 6.66. The molecule has 2 aliphatic heterocycles. The highest BCUT2D eigenvalue weighted by molar-refractivity contribution is 8.01. The zero-order valence-electron chi connectivity index (χ0n) is 16.1. The predicted octanol–water partition coefficient (Wildman–Crippen LogP) is 3.87. The van der Waals surface area contributed by atoms with Crippen molar-refractivity contribution < 1.29 is 19.1 Å². The fourth-order valence-corrected chi connectivity index (χ4v) is 4.90. The maximum absolute atomic E-state index is 12.7. The van der Waals surface area contributed by atoms with Gasteiger partial charge in [-0.25, -0.2) is 0 Å². The minimum atomic E-state index is -0.845. The normalized spacial score (nSPS) is 22.8. The number of hydrogen-bond acceptors (Lipinski definition) is 5. The number of hydrogen-bond donors (Lipinski definition) is 1. The van der Waals surface area contributed by atoms with E-state index in [0.29, 0.717) is 17.3 Å². The molecule has 0 spiro atoms. The molecule has 0 aromatic heterocycles. The Hall–Kier alpha value is -1.73. The van der Waals surface area contributed by atoms with Crippen molar-refractivity contribution >= 4 is 46.8 Å². The second-order valence-electron chi connectivity index (χ2n) is 7.16. The molecule has 1 saturated heterocycles. The predicted molar refractivity (Wildman–Crippen MR) is 110 cm³/mol. The molecule has 2 amide bonds. The Labute approximate surface area is 174 Å². The molecule has 28 heavy (non-hydrogen) atoms. The summed E-state index contributed by atoms with van der Waals surface area (Å²) in [6, 6.07) is 5.45.